The molecule has 16 heavy (non-hydrogen) atoms. The number of rotatable bonds is 3. The predicted octanol–water partition coefficient (Wildman–Crippen LogP) is 3.15. The number of azide groups is 1. The predicted molar refractivity (Wildman–Crippen MR) is 55.5 cm³/mol. The van der Waals surface area contributed by atoms with Crippen LogP contribution in [0.3, 0.4) is 0 Å². The zero-order valence-corrected chi connectivity index (χ0v) is 8.91. The average Bonchev–Trinajstić information content (AvgIpc) is 2.87. The van der Waals surface area contributed by atoms with Gasteiger partial charge in [0.1, 0.15) is 11.3 Å². The summed E-state index contributed by atoms with van der Waals surface area (Å²) >= 11 is 0. The van der Waals surface area contributed by atoms with E-state index in [2.05, 4.69) is 15.0 Å². The van der Waals surface area contributed by atoms with Crippen LogP contribution in [0.4, 0.5) is 0 Å². The smallest absolute Gasteiger partial charge is 0.181 e. The molecule has 0 bridgehead atoms. The van der Waals surface area contributed by atoms with E-state index in [9.17, 15) is 0 Å². The van der Waals surface area contributed by atoms with E-state index in [0.29, 0.717) is 11.5 Å². The van der Waals surface area contributed by atoms with Gasteiger partial charge < -0.3 is 8.83 Å². The van der Waals surface area contributed by atoms with Crippen LogP contribution in [0.25, 0.3) is 10.4 Å². The van der Waals surface area contributed by atoms with E-state index in [1.807, 2.05) is 0 Å². The zero-order valence-electron chi connectivity index (χ0n) is 8.91. The van der Waals surface area contributed by atoms with Crippen molar-refractivity contribution in [2.75, 3.05) is 0 Å². The molecule has 1 atom stereocenters. The molecule has 0 aliphatic heterocycles. The van der Waals surface area contributed by atoms with Gasteiger partial charge in [0, 0.05) is 10.5 Å². The lowest BCUT2D eigenvalue weighted by molar-refractivity contribution is 0.408. The Hall–Kier alpha value is -2.20. The second-order valence-electron chi connectivity index (χ2n) is 3.54. The van der Waals surface area contributed by atoms with Crippen LogP contribution < -0.4 is 0 Å². The van der Waals surface area contributed by atoms with Crippen LogP contribution in [0.15, 0.2) is 38.9 Å². The first-order chi connectivity index (χ1) is 7.68. The molecule has 2 aromatic heterocycles. The topological polar surface area (TPSA) is 87.9 Å². The Kier molecular flexibility index (Phi) is 2.42. The van der Waals surface area contributed by atoms with Crippen LogP contribution in [0.2, 0.25) is 0 Å². The molecule has 0 fully saturated rings. The molecule has 0 spiro atoms. The molecule has 1 unspecified atom stereocenters. The first kappa shape index (κ1) is 10.3. The third-order valence-electron chi connectivity index (χ3n) is 2.52. The van der Waals surface area contributed by atoms with Gasteiger partial charge in [-0.1, -0.05) is 5.11 Å². The Morgan fingerprint density at radius 3 is 2.88 bits per heavy atom. The van der Waals surface area contributed by atoms with Crippen LogP contribution in [0, 0.1) is 6.92 Å². The van der Waals surface area contributed by atoms with Gasteiger partial charge in [0.05, 0.1) is 18.2 Å². The fourth-order valence-corrected chi connectivity index (χ4v) is 1.63. The Labute approximate surface area is 91.5 Å². The summed E-state index contributed by atoms with van der Waals surface area (Å²) in [6.07, 6.45) is 4.37. The fourth-order valence-electron chi connectivity index (χ4n) is 1.63. The van der Waals surface area contributed by atoms with Crippen molar-refractivity contribution >= 4 is 0 Å². The molecule has 0 aliphatic carbocycles. The van der Waals surface area contributed by atoms with Gasteiger partial charge in [-0.25, -0.2) is 4.98 Å². The Bertz CT molecular complexity index is 525. The van der Waals surface area contributed by atoms with Crippen molar-refractivity contribution in [1.29, 1.82) is 0 Å². The van der Waals surface area contributed by atoms with Gasteiger partial charge in [0.2, 0.25) is 0 Å². The number of aryl methyl sites for hydroxylation is 1. The lowest BCUT2D eigenvalue weighted by Crippen LogP contribution is -2.19. The van der Waals surface area contributed by atoms with Crippen molar-refractivity contribution < 1.29 is 8.83 Å². The van der Waals surface area contributed by atoms with Crippen molar-refractivity contribution in [3.05, 3.63) is 52.4 Å². The van der Waals surface area contributed by atoms with Gasteiger partial charge in [0.15, 0.2) is 6.39 Å². The Balaban J connectivity index is 2.61. The van der Waals surface area contributed by atoms with E-state index in [1.165, 1.54) is 18.9 Å². The van der Waals surface area contributed by atoms with E-state index < -0.39 is 5.54 Å². The number of nitrogens with zero attached hydrogens (tertiary/aromatic N) is 4. The number of hydrogen-bond donors (Lipinski definition) is 0. The van der Waals surface area contributed by atoms with Gasteiger partial charge >= 0.3 is 0 Å². The summed E-state index contributed by atoms with van der Waals surface area (Å²) < 4.78 is 10.3. The lowest BCUT2D eigenvalue weighted by Gasteiger charge is -2.19. The molecular weight excluding hydrogens is 208 g/mol. The third kappa shape index (κ3) is 1.45. The van der Waals surface area contributed by atoms with Crippen LogP contribution in [0.5, 0.6) is 0 Å². The fraction of sp³-hybridized carbons (Fsp3) is 0.300. The molecule has 6 heteroatoms. The van der Waals surface area contributed by atoms with E-state index in [0.717, 1.165) is 5.56 Å². The second-order valence-corrected chi connectivity index (χ2v) is 3.54. The molecule has 0 amide bonds. The summed E-state index contributed by atoms with van der Waals surface area (Å²) in [5.41, 5.74) is 9.15. The molecule has 6 nitrogen and oxygen atoms in total. The largest absolute Gasteiger partial charge is 0.472 e. The summed E-state index contributed by atoms with van der Waals surface area (Å²) in [5, 5.41) is 3.79. The monoisotopic (exact) mass is 218 g/mol. The van der Waals surface area contributed by atoms with E-state index in [1.54, 1.807) is 19.9 Å². The molecule has 2 heterocycles. The summed E-state index contributed by atoms with van der Waals surface area (Å²) in [7, 11) is 0. The van der Waals surface area contributed by atoms with Crippen molar-refractivity contribution in [3.63, 3.8) is 0 Å². The number of furan rings is 1. The average molecular weight is 218 g/mol. The maximum Gasteiger partial charge on any atom is 0.181 e. The number of aromatic nitrogens is 1. The van der Waals surface area contributed by atoms with Crippen molar-refractivity contribution in [2.45, 2.75) is 19.4 Å². The quantitative estimate of drug-likeness (QED) is 0.450. The Morgan fingerprint density at radius 2 is 2.38 bits per heavy atom. The number of oxazole rings is 1. The van der Waals surface area contributed by atoms with Crippen LogP contribution in [0.1, 0.15) is 23.9 Å². The van der Waals surface area contributed by atoms with Gasteiger partial charge in [-0.2, -0.15) is 0 Å². The van der Waals surface area contributed by atoms with E-state index in [-0.39, 0.29) is 0 Å². The van der Waals surface area contributed by atoms with Crippen LogP contribution >= 0.6 is 0 Å². The van der Waals surface area contributed by atoms with Gasteiger partial charge in [-0.15, -0.1) is 0 Å². The highest BCUT2D eigenvalue weighted by molar-refractivity contribution is 5.32. The van der Waals surface area contributed by atoms with Crippen molar-refractivity contribution in [1.82, 2.24) is 4.98 Å². The van der Waals surface area contributed by atoms with E-state index >= 15 is 0 Å². The highest BCUT2D eigenvalue weighted by atomic mass is 16.3. The minimum atomic E-state index is -0.928. The molecule has 0 N–H and O–H groups in total. The van der Waals surface area contributed by atoms with Crippen LogP contribution in [-0.2, 0) is 5.54 Å². The standard InChI is InChI=1S/C10H10N4O2/c1-7-9(16-6-12-7)10(2,13-14-11)8-3-4-15-5-8/h3-6H,1-2H3. The zero-order chi connectivity index (χ0) is 11.6. The summed E-state index contributed by atoms with van der Waals surface area (Å²) in [6.45, 7) is 3.55. The van der Waals surface area contributed by atoms with Gasteiger partial charge in [0.25, 0.3) is 0 Å². The molecule has 0 saturated heterocycles. The Morgan fingerprint density at radius 1 is 1.56 bits per heavy atom. The first-order valence-electron chi connectivity index (χ1n) is 4.68. The third-order valence-corrected chi connectivity index (χ3v) is 2.52. The first-order valence-corrected chi connectivity index (χ1v) is 4.68. The maximum absolute atomic E-state index is 8.66. The molecular formula is C10H10N4O2. The minimum Gasteiger partial charge on any atom is -0.472 e. The summed E-state index contributed by atoms with van der Waals surface area (Å²) in [5.74, 6) is 0.520. The van der Waals surface area contributed by atoms with Crippen molar-refractivity contribution in [2.24, 2.45) is 5.11 Å². The SMILES string of the molecule is Cc1ncoc1C(C)(N=[N+]=[N-])c1ccoc1. The number of hydrogen-bond acceptors (Lipinski definition) is 4. The van der Waals surface area contributed by atoms with Gasteiger partial charge in [-0.05, 0) is 25.4 Å². The molecule has 0 radical (unpaired) electrons. The lowest BCUT2D eigenvalue weighted by atomic mass is 9.92. The molecule has 0 saturated carbocycles. The molecule has 2 rings (SSSR count). The minimum absolute atomic E-state index is 0.520. The summed E-state index contributed by atoms with van der Waals surface area (Å²) in [4.78, 5) is 6.85. The normalized spacial score (nSPS) is 14.1. The second kappa shape index (κ2) is 3.75. The maximum atomic E-state index is 8.66. The van der Waals surface area contributed by atoms with Crippen molar-refractivity contribution in [3.8, 4) is 0 Å². The highest BCUT2D eigenvalue weighted by Gasteiger charge is 2.34. The van der Waals surface area contributed by atoms with E-state index in [4.69, 9.17) is 14.4 Å². The highest BCUT2D eigenvalue weighted by Crippen LogP contribution is 2.35. The van der Waals surface area contributed by atoms with Gasteiger partial charge in [-0.3, -0.25) is 0 Å². The van der Waals surface area contributed by atoms with Crippen LogP contribution in [-0.4, -0.2) is 4.98 Å². The molecule has 0 aromatic carbocycles. The molecule has 82 valence electrons. The molecule has 2 aromatic rings. The summed E-state index contributed by atoms with van der Waals surface area (Å²) in [6, 6.07) is 1.73. The molecule has 0 aliphatic rings.